The molecule has 0 bridgehead atoms. The zero-order valence-corrected chi connectivity index (χ0v) is 14.5. The highest BCUT2D eigenvalue weighted by Gasteiger charge is 2.18. The molecule has 7 nitrogen and oxygen atoms in total. The van der Waals surface area contributed by atoms with E-state index in [-0.39, 0.29) is 12.5 Å². The predicted molar refractivity (Wildman–Crippen MR) is 95.9 cm³/mol. The summed E-state index contributed by atoms with van der Waals surface area (Å²) in [7, 11) is 2.76. The van der Waals surface area contributed by atoms with Crippen molar-refractivity contribution in [3.05, 3.63) is 65.7 Å². The molecular formula is C19H20N2O5. The highest BCUT2D eigenvalue weighted by Crippen LogP contribution is 2.16. The van der Waals surface area contributed by atoms with E-state index < -0.39 is 12.1 Å². The Kier molecular flexibility index (Phi) is 7.32. The van der Waals surface area contributed by atoms with Gasteiger partial charge in [0.25, 0.3) is 5.91 Å². The van der Waals surface area contributed by atoms with Crippen molar-refractivity contribution in [3.8, 4) is 5.75 Å². The number of rotatable bonds is 8. The molecule has 0 fully saturated rings. The van der Waals surface area contributed by atoms with Gasteiger partial charge in [0.05, 0.1) is 13.3 Å². The van der Waals surface area contributed by atoms with Crippen LogP contribution in [0.1, 0.15) is 17.2 Å². The highest BCUT2D eigenvalue weighted by molar-refractivity contribution is 5.85. The molecule has 0 heterocycles. The molecule has 0 radical (unpaired) electrons. The van der Waals surface area contributed by atoms with Crippen molar-refractivity contribution < 1.29 is 23.8 Å². The summed E-state index contributed by atoms with van der Waals surface area (Å²) in [4.78, 5) is 23.2. The standard InChI is InChI=1S/C19H20N2O5/c1-24-17(22)13-26-16-10-8-14(9-11-16)12-20-21-19(23)18(25-2)15-6-4-3-5-7-15/h3-12,18H,13H2,1-2H3,(H,21,23)/b20-12-/t18-/m1/s1. The second-order valence-electron chi connectivity index (χ2n) is 5.19. The lowest BCUT2D eigenvalue weighted by molar-refractivity contribution is -0.142. The van der Waals surface area contributed by atoms with Gasteiger partial charge in [-0.05, 0) is 35.4 Å². The van der Waals surface area contributed by atoms with Crippen LogP contribution in [0.5, 0.6) is 5.75 Å². The van der Waals surface area contributed by atoms with Crippen molar-refractivity contribution in [2.45, 2.75) is 6.10 Å². The van der Waals surface area contributed by atoms with Gasteiger partial charge in [0.2, 0.25) is 0 Å². The van der Waals surface area contributed by atoms with E-state index in [1.54, 1.807) is 24.3 Å². The third kappa shape index (κ3) is 5.71. The van der Waals surface area contributed by atoms with Gasteiger partial charge in [0, 0.05) is 7.11 Å². The number of methoxy groups -OCH3 is 2. The number of benzene rings is 2. The summed E-state index contributed by atoms with van der Waals surface area (Å²) in [6.07, 6.45) is 0.766. The van der Waals surface area contributed by atoms with Gasteiger partial charge in [-0.15, -0.1) is 0 Å². The Bertz CT molecular complexity index is 744. The molecule has 1 N–H and O–H groups in total. The minimum Gasteiger partial charge on any atom is -0.482 e. The van der Waals surface area contributed by atoms with Crippen LogP contribution in [-0.2, 0) is 19.1 Å². The number of ether oxygens (including phenoxy) is 3. The number of carbonyl (C=O) groups excluding carboxylic acids is 2. The van der Waals surface area contributed by atoms with Gasteiger partial charge in [0.15, 0.2) is 12.7 Å². The van der Waals surface area contributed by atoms with Crippen LogP contribution in [0.4, 0.5) is 0 Å². The molecule has 0 aromatic heterocycles. The molecule has 1 amide bonds. The van der Waals surface area contributed by atoms with Crippen molar-refractivity contribution in [3.63, 3.8) is 0 Å². The summed E-state index contributed by atoms with van der Waals surface area (Å²) in [6, 6.07) is 16.0. The summed E-state index contributed by atoms with van der Waals surface area (Å²) in [5, 5.41) is 3.93. The fourth-order valence-electron chi connectivity index (χ4n) is 2.10. The maximum absolute atomic E-state index is 12.2. The largest absolute Gasteiger partial charge is 0.482 e. The number of esters is 1. The molecule has 0 spiro atoms. The molecule has 0 saturated heterocycles. The van der Waals surface area contributed by atoms with Crippen LogP contribution in [0, 0.1) is 0 Å². The normalized spacial score (nSPS) is 11.8. The van der Waals surface area contributed by atoms with E-state index in [0.717, 1.165) is 11.1 Å². The molecule has 7 heteroatoms. The number of nitrogens with one attached hydrogen (secondary N) is 1. The Balaban J connectivity index is 1.89. The van der Waals surface area contributed by atoms with Gasteiger partial charge >= 0.3 is 5.97 Å². The molecule has 2 aromatic carbocycles. The number of nitrogens with zero attached hydrogens (tertiary/aromatic N) is 1. The number of amides is 1. The van der Waals surface area contributed by atoms with Gasteiger partial charge in [-0.25, -0.2) is 10.2 Å². The first kappa shape index (κ1) is 19.1. The minimum atomic E-state index is -0.734. The van der Waals surface area contributed by atoms with Crippen LogP contribution in [0.3, 0.4) is 0 Å². The van der Waals surface area contributed by atoms with Gasteiger partial charge in [-0.3, -0.25) is 4.79 Å². The lowest BCUT2D eigenvalue weighted by Gasteiger charge is -2.13. The summed E-state index contributed by atoms with van der Waals surface area (Å²) in [5.41, 5.74) is 3.96. The van der Waals surface area contributed by atoms with E-state index in [1.165, 1.54) is 20.4 Å². The van der Waals surface area contributed by atoms with Gasteiger partial charge < -0.3 is 14.2 Å². The second-order valence-corrected chi connectivity index (χ2v) is 5.19. The van der Waals surface area contributed by atoms with Crippen molar-refractivity contribution >= 4 is 18.1 Å². The minimum absolute atomic E-state index is 0.155. The molecule has 26 heavy (non-hydrogen) atoms. The third-order valence-corrected chi connectivity index (χ3v) is 3.43. The molecule has 0 aliphatic carbocycles. The van der Waals surface area contributed by atoms with E-state index in [9.17, 15) is 9.59 Å². The van der Waals surface area contributed by atoms with Crippen LogP contribution in [0.25, 0.3) is 0 Å². The molecule has 0 aliphatic rings. The lowest BCUT2D eigenvalue weighted by atomic mass is 10.1. The van der Waals surface area contributed by atoms with Gasteiger partial charge in [0.1, 0.15) is 5.75 Å². The van der Waals surface area contributed by atoms with Crippen LogP contribution < -0.4 is 10.2 Å². The van der Waals surface area contributed by atoms with Crippen LogP contribution in [0.15, 0.2) is 59.7 Å². The Hall–Kier alpha value is -3.19. The summed E-state index contributed by atoms with van der Waals surface area (Å²) >= 11 is 0. The Morgan fingerprint density at radius 2 is 1.77 bits per heavy atom. The summed E-state index contributed by atoms with van der Waals surface area (Å²) < 4.78 is 15.0. The fourth-order valence-corrected chi connectivity index (χ4v) is 2.10. The average molecular weight is 356 g/mol. The third-order valence-electron chi connectivity index (χ3n) is 3.43. The van der Waals surface area contributed by atoms with Crippen LogP contribution in [-0.4, -0.2) is 38.9 Å². The van der Waals surface area contributed by atoms with Crippen molar-refractivity contribution in [1.29, 1.82) is 0 Å². The number of hydrogen-bond donors (Lipinski definition) is 1. The summed E-state index contributed by atoms with van der Waals surface area (Å²) in [6.45, 7) is -0.155. The molecule has 0 unspecified atom stereocenters. The second kappa shape index (κ2) is 9.95. The first-order chi connectivity index (χ1) is 12.6. The topological polar surface area (TPSA) is 86.2 Å². The average Bonchev–Trinajstić information content (AvgIpc) is 2.68. The van der Waals surface area contributed by atoms with E-state index in [0.29, 0.717) is 5.75 Å². The quantitative estimate of drug-likeness (QED) is 0.445. The smallest absolute Gasteiger partial charge is 0.343 e. The summed E-state index contributed by atoms with van der Waals surface area (Å²) in [5.74, 6) is -0.294. The van der Waals surface area contributed by atoms with Gasteiger partial charge in [-0.1, -0.05) is 30.3 Å². The van der Waals surface area contributed by atoms with Crippen molar-refractivity contribution in [1.82, 2.24) is 5.43 Å². The van der Waals surface area contributed by atoms with E-state index in [4.69, 9.17) is 9.47 Å². The van der Waals surface area contributed by atoms with Gasteiger partial charge in [-0.2, -0.15) is 5.10 Å². The van der Waals surface area contributed by atoms with Crippen LogP contribution >= 0.6 is 0 Å². The van der Waals surface area contributed by atoms with Crippen LogP contribution in [0.2, 0.25) is 0 Å². The molecule has 2 aromatic rings. The predicted octanol–water partition coefficient (Wildman–Crippen LogP) is 2.08. The molecule has 0 saturated carbocycles. The monoisotopic (exact) mass is 356 g/mol. The van der Waals surface area contributed by atoms with E-state index in [2.05, 4.69) is 15.3 Å². The zero-order valence-electron chi connectivity index (χ0n) is 14.5. The maximum atomic E-state index is 12.2. The highest BCUT2D eigenvalue weighted by atomic mass is 16.6. The molecular weight excluding hydrogens is 336 g/mol. The van der Waals surface area contributed by atoms with Crippen molar-refractivity contribution in [2.24, 2.45) is 5.10 Å². The Morgan fingerprint density at radius 3 is 2.38 bits per heavy atom. The molecule has 0 aliphatic heterocycles. The Morgan fingerprint density at radius 1 is 1.08 bits per heavy atom. The Labute approximate surface area is 151 Å². The molecule has 2 rings (SSSR count). The number of hydrazone groups is 1. The first-order valence-corrected chi connectivity index (χ1v) is 7.84. The lowest BCUT2D eigenvalue weighted by Crippen LogP contribution is -2.26. The number of carbonyl (C=O) groups is 2. The number of hydrogen-bond acceptors (Lipinski definition) is 6. The molecule has 136 valence electrons. The van der Waals surface area contributed by atoms with Crippen molar-refractivity contribution in [2.75, 3.05) is 20.8 Å². The maximum Gasteiger partial charge on any atom is 0.343 e. The van der Waals surface area contributed by atoms with E-state index >= 15 is 0 Å². The zero-order chi connectivity index (χ0) is 18.8. The molecule has 1 atom stereocenters. The first-order valence-electron chi connectivity index (χ1n) is 7.84. The van der Waals surface area contributed by atoms with E-state index in [1.807, 2.05) is 30.3 Å². The SMILES string of the molecule is COC(=O)COc1ccc(/C=N\NC(=O)[C@H](OC)c2ccccc2)cc1. The fraction of sp³-hybridized carbons (Fsp3) is 0.211.